The molecule has 0 aliphatic carbocycles. The molecule has 0 aliphatic rings. The Morgan fingerprint density at radius 1 is 1.21 bits per heavy atom. The minimum Gasteiger partial charge on any atom is -0.467 e. The Morgan fingerprint density at radius 3 is 2.53 bits per heavy atom. The normalized spacial score (nSPS) is 10.3. The lowest BCUT2D eigenvalue weighted by Gasteiger charge is -2.07. The molecule has 4 N–H and O–H groups in total. The number of hydrogen-bond acceptors (Lipinski definition) is 9. The lowest BCUT2D eigenvalue weighted by atomic mass is 10.2. The quantitative estimate of drug-likeness (QED) is 0.519. The topological polar surface area (TPSA) is 124 Å². The fourth-order valence-electron chi connectivity index (χ4n) is 1.51. The Labute approximate surface area is 109 Å². The van der Waals surface area contributed by atoms with Crippen LogP contribution in [0.2, 0.25) is 0 Å². The molecule has 0 bridgehead atoms. The number of hydrogen-bond donors (Lipinski definition) is 3. The number of nitrogens with zero attached hydrogens (tertiary/aromatic N) is 4. The van der Waals surface area contributed by atoms with Crippen LogP contribution < -0.4 is 21.3 Å². The van der Waals surface area contributed by atoms with E-state index in [-0.39, 0.29) is 12.0 Å². The number of aromatic nitrogens is 4. The SMILES string of the molecule is COc1nc(NN)nc(NCc2c(C)noc2C)n1. The standard InChI is InChI=1S/C10H15N7O2/c1-5-7(6(2)19-17-5)4-12-8-13-9(16-11)15-10(14-8)18-3/h4,11H2,1-3H3,(H2,12,13,14,15,16). The van der Waals surface area contributed by atoms with Crippen molar-refractivity contribution < 1.29 is 9.26 Å². The van der Waals surface area contributed by atoms with Crippen LogP contribution in [0, 0.1) is 13.8 Å². The average Bonchev–Trinajstić information content (AvgIpc) is 2.75. The molecule has 0 saturated heterocycles. The van der Waals surface area contributed by atoms with Gasteiger partial charge in [-0.1, -0.05) is 5.16 Å². The predicted octanol–water partition coefficient (Wildman–Crippen LogP) is 0.383. The van der Waals surface area contributed by atoms with Crippen molar-refractivity contribution in [1.82, 2.24) is 20.1 Å². The summed E-state index contributed by atoms with van der Waals surface area (Å²) in [6.45, 7) is 4.20. The van der Waals surface area contributed by atoms with Crippen LogP contribution in [0.5, 0.6) is 6.01 Å². The maximum Gasteiger partial charge on any atom is 0.322 e. The molecule has 0 saturated carbocycles. The number of nitrogens with one attached hydrogen (secondary N) is 2. The highest BCUT2D eigenvalue weighted by Crippen LogP contribution is 2.15. The number of methoxy groups -OCH3 is 1. The van der Waals surface area contributed by atoms with E-state index in [1.807, 2.05) is 13.8 Å². The van der Waals surface area contributed by atoms with Crippen molar-refractivity contribution >= 4 is 11.9 Å². The summed E-state index contributed by atoms with van der Waals surface area (Å²) in [5.74, 6) is 6.59. The number of ether oxygens (including phenoxy) is 1. The van der Waals surface area contributed by atoms with Gasteiger partial charge < -0.3 is 14.6 Å². The number of anilines is 2. The van der Waals surface area contributed by atoms with Crippen molar-refractivity contribution in [2.24, 2.45) is 5.84 Å². The monoisotopic (exact) mass is 265 g/mol. The van der Waals surface area contributed by atoms with E-state index < -0.39 is 0 Å². The van der Waals surface area contributed by atoms with Gasteiger partial charge in [0.15, 0.2) is 0 Å². The van der Waals surface area contributed by atoms with Crippen LogP contribution in [0.3, 0.4) is 0 Å². The van der Waals surface area contributed by atoms with Gasteiger partial charge >= 0.3 is 6.01 Å². The second-order valence-electron chi connectivity index (χ2n) is 3.77. The molecule has 2 aromatic rings. The van der Waals surface area contributed by atoms with Crippen LogP contribution in [0.1, 0.15) is 17.0 Å². The number of aryl methyl sites for hydroxylation is 2. The van der Waals surface area contributed by atoms with Crippen LogP contribution in [0.15, 0.2) is 4.52 Å². The highest BCUT2D eigenvalue weighted by molar-refractivity contribution is 5.36. The van der Waals surface area contributed by atoms with E-state index in [1.54, 1.807) is 0 Å². The summed E-state index contributed by atoms with van der Waals surface area (Å²) in [4.78, 5) is 12.0. The Morgan fingerprint density at radius 2 is 1.95 bits per heavy atom. The fraction of sp³-hybridized carbons (Fsp3) is 0.400. The van der Waals surface area contributed by atoms with Crippen LogP contribution in [0.25, 0.3) is 0 Å². The zero-order valence-electron chi connectivity index (χ0n) is 10.9. The summed E-state index contributed by atoms with van der Waals surface area (Å²) in [5, 5.41) is 6.91. The number of nitrogen functional groups attached to an aromatic ring is 1. The van der Waals surface area contributed by atoms with Gasteiger partial charge in [-0.25, -0.2) is 5.84 Å². The molecule has 2 rings (SSSR count). The molecule has 102 valence electrons. The van der Waals surface area contributed by atoms with Crippen LogP contribution in [-0.4, -0.2) is 27.2 Å². The third-order valence-electron chi connectivity index (χ3n) is 2.53. The predicted molar refractivity (Wildman–Crippen MR) is 67.5 cm³/mol. The second-order valence-corrected chi connectivity index (χ2v) is 3.77. The van der Waals surface area contributed by atoms with Gasteiger partial charge in [0, 0.05) is 12.1 Å². The van der Waals surface area contributed by atoms with Gasteiger partial charge in [-0.15, -0.1) is 0 Å². The minimum absolute atomic E-state index is 0.171. The first kappa shape index (κ1) is 13.0. The van der Waals surface area contributed by atoms with Crippen molar-refractivity contribution in [3.8, 4) is 6.01 Å². The van der Waals surface area contributed by atoms with Crippen molar-refractivity contribution in [2.45, 2.75) is 20.4 Å². The molecular formula is C10H15N7O2. The number of rotatable bonds is 5. The smallest absolute Gasteiger partial charge is 0.322 e. The first-order valence-electron chi connectivity index (χ1n) is 5.56. The van der Waals surface area contributed by atoms with Gasteiger partial charge in [-0.05, 0) is 13.8 Å². The summed E-state index contributed by atoms with van der Waals surface area (Å²) in [7, 11) is 1.47. The Bertz CT molecular complexity index is 527. The van der Waals surface area contributed by atoms with Crippen molar-refractivity contribution in [1.29, 1.82) is 0 Å². The molecule has 19 heavy (non-hydrogen) atoms. The first-order chi connectivity index (χ1) is 9.13. The number of hydrazine groups is 1. The zero-order chi connectivity index (χ0) is 13.8. The van der Waals surface area contributed by atoms with Gasteiger partial charge in [0.05, 0.1) is 12.8 Å². The van der Waals surface area contributed by atoms with Crippen molar-refractivity contribution in [3.05, 3.63) is 17.0 Å². The van der Waals surface area contributed by atoms with Crippen molar-refractivity contribution in [2.75, 3.05) is 17.9 Å². The fourth-order valence-corrected chi connectivity index (χ4v) is 1.51. The van der Waals surface area contributed by atoms with E-state index in [0.29, 0.717) is 12.5 Å². The van der Waals surface area contributed by atoms with Gasteiger partial charge in [-0.2, -0.15) is 15.0 Å². The highest BCUT2D eigenvalue weighted by Gasteiger charge is 2.10. The first-order valence-corrected chi connectivity index (χ1v) is 5.56. The van der Waals surface area contributed by atoms with Gasteiger partial charge in [-0.3, -0.25) is 5.43 Å². The van der Waals surface area contributed by atoms with Gasteiger partial charge in [0.25, 0.3) is 0 Å². The second kappa shape index (κ2) is 5.48. The summed E-state index contributed by atoms with van der Waals surface area (Å²) in [6.07, 6.45) is 0. The molecule has 0 radical (unpaired) electrons. The Hall–Kier alpha value is -2.42. The molecule has 0 amide bonds. The molecule has 0 fully saturated rings. The van der Waals surface area contributed by atoms with E-state index >= 15 is 0 Å². The average molecular weight is 265 g/mol. The number of nitrogens with two attached hydrogens (primary N) is 1. The summed E-state index contributed by atoms with van der Waals surface area (Å²) >= 11 is 0. The van der Waals surface area contributed by atoms with E-state index in [4.69, 9.17) is 15.1 Å². The molecule has 9 nitrogen and oxygen atoms in total. The van der Waals surface area contributed by atoms with Crippen LogP contribution in [-0.2, 0) is 6.54 Å². The molecule has 2 aromatic heterocycles. The summed E-state index contributed by atoms with van der Waals surface area (Å²) in [5.41, 5.74) is 4.13. The lowest BCUT2D eigenvalue weighted by molar-refractivity contribution is 0.379. The molecule has 0 atom stereocenters. The molecular weight excluding hydrogens is 250 g/mol. The van der Waals surface area contributed by atoms with Crippen molar-refractivity contribution in [3.63, 3.8) is 0 Å². The Kier molecular flexibility index (Phi) is 3.76. The lowest BCUT2D eigenvalue weighted by Crippen LogP contribution is -2.14. The Balaban J connectivity index is 2.15. The van der Waals surface area contributed by atoms with E-state index in [1.165, 1.54) is 7.11 Å². The molecule has 0 aromatic carbocycles. The maximum atomic E-state index is 5.27. The zero-order valence-corrected chi connectivity index (χ0v) is 10.9. The van der Waals surface area contributed by atoms with Crippen LogP contribution >= 0.6 is 0 Å². The minimum atomic E-state index is 0.171. The third-order valence-corrected chi connectivity index (χ3v) is 2.53. The molecule has 0 aliphatic heterocycles. The summed E-state index contributed by atoms with van der Waals surface area (Å²) < 4.78 is 10.0. The van der Waals surface area contributed by atoms with Gasteiger partial charge in [0.2, 0.25) is 11.9 Å². The maximum absolute atomic E-state index is 5.27. The van der Waals surface area contributed by atoms with Gasteiger partial charge in [0.1, 0.15) is 5.76 Å². The summed E-state index contributed by atoms with van der Waals surface area (Å²) in [6, 6.07) is 0.171. The van der Waals surface area contributed by atoms with E-state index in [2.05, 4.69) is 30.9 Å². The molecule has 2 heterocycles. The molecule has 0 unspecified atom stereocenters. The van der Waals surface area contributed by atoms with E-state index in [0.717, 1.165) is 17.0 Å². The molecule has 9 heteroatoms. The molecule has 0 spiro atoms. The third kappa shape index (κ3) is 2.88. The highest BCUT2D eigenvalue weighted by atomic mass is 16.5. The largest absolute Gasteiger partial charge is 0.467 e. The van der Waals surface area contributed by atoms with Crippen LogP contribution in [0.4, 0.5) is 11.9 Å². The van der Waals surface area contributed by atoms with E-state index in [9.17, 15) is 0 Å².